The Balaban J connectivity index is 0.706. The predicted molar refractivity (Wildman–Crippen MR) is 241 cm³/mol. The van der Waals surface area contributed by atoms with Crippen LogP contribution in [-0.2, 0) is 47.7 Å². The third kappa shape index (κ3) is 6.89. The monoisotopic (exact) mass is 863 g/mol. The molecule has 3 amide bonds. The summed E-state index contributed by atoms with van der Waals surface area (Å²) in [7, 11) is 0. The van der Waals surface area contributed by atoms with E-state index in [2.05, 4.69) is 61.2 Å². The van der Waals surface area contributed by atoms with E-state index in [0.29, 0.717) is 71.9 Å². The summed E-state index contributed by atoms with van der Waals surface area (Å²) in [5.41, 5.74) is 7.14. The minimum atomic E-state index is -0.993. The van der Waals surface area contributed by atoms with E-state index in [4.69, 9.17) is 9.97 Å². The highest BCUT2D eigenvalue weighted by Gasteiger charge is 2.41. The van der Waals surface area contributed by atoms with Crippen LogP contribution >= 0.6 is 0 Å². The summed E-state index contributed by atoms with van der Waals surface area (Å²) in [5.74, 6) is 0.0952. The Morgan fingerprint density at radius 1 is 0.875 bits per heavy atom. The number of aryl methyl sites for hydroxylation is 1. The van der Waals surface area contributed by atoms with Crippen molar-refractivity contribution in [3.8, 4) is 5.82 Å². The average Bonchev–Trinajstić information content (AvgIpc) is 3.90. The Labute approximate surface area is 370 Å². The van der Waals surface area contributed by atoms with E-state index in [0.717, 1.165) is 87.5 Å². The van der Waals surface area contributed by atoms with Crippen LogP contribution in [0.15, 0.2) is 72.2 Å². The summed E-state index contributed by atoms with van der Waals surface area (Å²) in [4.78, 5) is 74.6. The lowest BCUT2D eigenvalue weighted by Gasteiger charge is -2.50. The number of carbonyl (C=O) groups is 3. The second kappa shape index (κ2) is 15.8. The molecule has 0 saturated carbocycles. The number of rotatable bonds is 10. The van der Waals surface area contributed by atoms with Crippen molar-refractivity contribution in [2.75, 3.05) is 42.9 Å². The molecule has 3 aromatic heterocycles. The molecular weight excluding hydrogens is 811 g/mol. The smallest absolute Gasteiger partial charge is 0.278 e. The fourth-order valence-electron chi connectivity index (χ4n) is 11.0. The van der Waals surface area contributed by atoms with Gasteiger partial charge in [-0.1, -0.05) is 25.1 Å². The zero-order valence-electron chi connectivity index (χ0n) is 36.1. The molecular formula is C48H53N11O5. The van der Waals surface area contributed by atoms with E-state index in [1.807, 2.05) is 31.2 Å². The van der Waals surface area contributed by atoms with Gasteiger partial charge in [0.05, 0.1) is 12.2 Å². The van der Waals surface area contributed by atoms with Crippen molar-refractivity contribution in [3.05, 3.63) is 111 Å². The maximum Gasteiger partial charge on any atom is 0.278 e. The molecule has 0 radical (unpaired) electrons. The van der Waals surface area contributed by atoms with Gasteiger partial charge >= 0.3 is 0 Å². The lowest BCUT2D eigenvalue weighted by atomic mass is 9.93. The molecule has 3 saturated heterocycles. The first-order valence-electron chi connectivity index (χ1n) is 22.8. The molecule has 330 valence electrons. The van der Waals surface area contributed by atoms with Gasteiger partial charge < -0.3 is 20.2 Å². The Hall–Kier alpha value is -6.23. The molecule has 8 heterocycles. The summed E-state index contributed by atoms with van der Waals surface area (Å²) >= 11 is 0. The van der Waals surface area contributed by atoms with Crippen molar-refractivity contribution in [2.45, 2.75) is 102 Å². The first-order valence-corrected chi connectivity index (χ1v) is 22.8. The summed E-state index contributed by atoms with van der Waals surface area (Å²) in [6, 6.07) is 16.8. The fourth-order valence-corrected chi connectivity index (χ4v) is 11.0. The van der Waals surface area contributed by atoms with Crippen LogP contribution in [0.25, 0.3) is 16.9 Å². The predicted octanol–water partition coefficient (Wildman–Crippen LogP) is 3.92. The Morgan fingerprint density at radius 3 is 2.50 bits per heavy atom. The number of nitrogens with one attached hydrogen (secondary N) is 2. The summed E-state index contributed by atoms with van der Waals surface area (Å²) in [5, 5.41) is 17.5. The molecule has 3 N–H and O–H groups in total. The number of hydrogen-bond donors (Lipinski definition) is 3. The van der Waals surface area contributed by atoms with Crippen LogP contribution in [0.1, 0.15) is 83.8 Å². The zero-order chi connectivity index (χ0) is 43.9. The topological polar surface area (TPSA) is 174 Å². The number of fused-ring (bicyclic) bond motifs is 4. The highest BCUT2D eigenvalue weighted by Crippen LogP contribution is 2.39. The molecule has 2 atom stereocenters. The minimum absolute atomic E-state index is 0.136. The molecule has 0 bridgehead atoms. The second-order valence-corrected chi connectivity index (χ2v) is 18.4. The number of allylic oxidation sites excluding steroid dienone is 1. The molecule has 3 fully saturated rings. The van der Waals surface area contributed by atoms with Crippen molar-refractivity contribution >= 4 is 46.1 Å². The number of aromatic nitrogens is 5. The number of benzene rings is 2. The van der Waals surface area contributed by atoms with Gasteiger partial charge in [-0.2, -0.15) is 4.98 Å². The van der Waals surface area contributed by atoms with Crippen LogP contribution in [-0.4, -0.2) is 113 Å². The van der Waals surface area contributed by atoms with Crippen LogP contribution in [0.2, 0.25) is 0 Å². The SMILES string of the molecule is C=CCn1c(=O)c2cnc(Nc3ccc4c(c3)CCN(C3CCN(C5CN(c6ccc7c(c6)CN(C6CCC(=O)NC6=O)C7=O)C5)CC3)C4)nc2n1-c1ccc2c(n1)[C@@](O)(CC)CC2. The quantitative estimate of drug-likeness (QED) is 0.137. The van der Waals surface area contributed by atoms with Crippen LogP contribution in [0, 0.1) is 0 Å². The highest BCUT2D eigenvalue weighted by molar-refractivity contribution is 6.05. The number of piperidine rings is 2. The van der Waals surface area contributed by atoms with Gasteiger partial charge in [0.1, 0.15) is 17.0 Å². The summed E-state index contributed by atoms with van der Waals surface area (Å²) < 4.78 is 3.28. The number of pyridine rings is 1. The Morgan fingerprint density at radius 2 is 1.70 bits per heavy atom. The van der Waals surface area contributed by atoms with Gasteiger partial charge in [-0.05, 0) is 104 Å². The molecule has 5 aliphatic heterocycles. The third-order valence-electron chi connectivity index (χ3n) is 14.8. The van der Waals surface area contributed by atoms with Crippen LogP contribution in [0.4, 0.5) is 17.3 Å². The molecule has 64 heavy (non-hydrogen) atoms. The molecule has 16 heteroatoms. The standard InChI is InChI=1S/C48H53N11O5/c1-3-18-58-46(63)38-24-49-47(53-43(38)59(58)40-11-6-29-13-17-48(64,4-2)42(29)51-40)50-33-7-5-31-25-55(19-14-30(31)22-33)34-15-20-54(21-16-34)36-27-56(28-36)35-8-9-37-32(23-35)26-57(45(37)62)39-10-12-41(60)52-44(39)61/h3,5-9,11,22-24,34,36,39,64H,1,4,10,12-21,25-28H2,2H3,(H,49,50,53)(H,52,60,61)/t39?,48-/m1/s1. The van der Waals surface area contributed by atoms with E-state index in [-0.39, 0.29) is 36.2 Å². The third-order valence-corrected chi connectivity index (χ3v) is 14.8. The Bertz CT molecular complexity index is 2800. The number of aliphatic hydroxyl groups is 1. The van der Waals surface area contributed by atoms with E-state index in [1.165, 1.54) is 11.1 Å². The lowest BCUT2D eigenvalue weighted by Crippen LogP contribution is -2.62. The first kappa shape index (κ1) is 40.5. The average molecular weight is 864 g/mol. The lowest BCUT2D eigenvalue weighted by molar-refractivity contribution is -0.136. The zero-order valence-corrected chi connectivity index (χ0v) is 36.1. The fraction of sp³-hybridized carbons (Fsp3) is 0.438. The molecule has 6 aliphatic rings. The normalized spacial score (nSPS) is 23.0. The van der Waals surface area contributed by atoms with Gasteiger partial charge in [-0.25, -0.2) is 19.3 Å². The van der Waals surface area contributed by atoms with Gasteiger partial charge in [0, 0.05) is 87.5 Å². The van der Waals surface area contributed by atoms with Crippen LogP contribution in [0.5, 0.6) is 0 Å². The molecule has 11 rings (SSSR count). The van der Waals surface area contributed by atoms with Crippen LogP contribution in [0.3, 0.4) is 0 Å². The molecule has 2 aromatic carbocycles. The van der Waals surface area contributed by atoms with Crippen molar-refractivity contribution < 1.29 is 19.5 Å². The maximum atomic E-state index is 13.6. The molecule has 5 aromatic rings. The highest BCUT2D eigenvalue weighted by atomic mass is 16.3. The molecule has 0 spiro atoms. The van der Waals surface area contributed by atoms with Gasteiger partial charge in [-0.3, -0.25) is 34.3 Å². The van der Waals surface area contributed by atoms with Gasteiger partial charge in [0.15, 0.2) is 11.5 Å². The number of imide groups is 1. The van der Waals surface area contributed by atoms with Crippen molar-refractivity contribution in [3.63, 3.8) is 0 Å². The number of carbonyl (C=O) groups excluding carboxylic acids is 3. The summed E-state index contributed by atoms with van der Waals surface area (Å²) in [6.45, 7) is 12.5. The van der Waals surface area contributed by atoms with E-state index >= 15 is 0 Å². The van der Waals surface area contributed by atoms with E-state index in [9.17, 15) is 24.3 Å². The summed E-state index contributed by atoms with van der Waals surface area (Å²) in [6.07, 6.45) is 9.04. The van der Waals surface area contributed by atoms with Crippen LogP contribution < -0.4 is 21.1 Å². The largest absolute Gasteiger partial charge is 0.384 e. The molecule has 16 nitrogen and oxygen atoms in total. The van der Waals surface area contributed by atoms with Crippen molar-refractivity contribution in [1.82, 2.24) is 44.3 Å². The van der Waals surface area contributed by atoms with E-state index < -0.39 is 11.6 Å². The second-order valence-electron chi connectivity index (χ2n) is 18.4. The number of amides is 3. The van der Waals surface area contributed by atoms with Gasteiger partial charge in [-0.15, -0.1) is 6.58 Å². The Kier molecular flexibility index (Phi) is 10.00. The number of likely N-dealkylation sites (tertiary alicyclic amines) is 1. The number of hydrogen-bond acceptors (Lipinski definition) is 12. The van der Waals surface area contributed by atoms with Crippen molar-refractivity contribution in [1.29, 1.82) is 0 Å². The number of nitrogens with zero attached hydrogens (tertiary/aromatic N) is 9. The van der Waals surface area contributed by atoms with Crippen molar-refractivity contribution in [2.24, 2.45) is 0 Å². The minimum Gasteiger partial charge on any atom is -0.384 e. The van der Waals surface area contributed by atoms with Gasteiger partial charge in [0.2, 0.25) is 17.8 Å². The maximum absolute atomic E-state index is 13.6. The first-order chi connectivity index (χ1) is 31.1. The molecule has 1 unspecified atom stereocenters. The number of anilines is 3. The van der Waals surface area contributed by atoms with E-state index in [1.54, 1.807) is 26.5 Å². The van der Waals surface area contributed by atoms with Gasteiger partial charge in [0.25, 0.3) is 11.5 Å². The molecule has 1 aliphatic carbocycles.